The van der Waals surface area contributed by atoms with Crippen LogP contribution in [0.1, 0.15) is 26.1 Å². The first-order valence-corrected chi connectivity index (χ1v) is 7.70. The Balaban J connectivity index is 2.12. The highest BCUT2D eigenvalue weighted by Crippen LogP contribution is 2.09. The van der Waals surface area contributed by atoms with Gasteiger partial charge in [-0.05, 0) is 26.1 Å². The minimum atomic E-state index is -0.319. The normalized spacial score (nSPS) is 19.8. The van der Waals surface area contributed by atoms with E-state index in [0.29, 0.717) is 24.3 Å². The molecular weight excluding hydrogens is 290 g/mol. The molecule has 0 unspecified atom stereocenters. The zero-order chi connectivity index (χ0) is 15.4. The maximum absolute atomic E-state index is 10.9. The molecule has 1 aromatic rings. The Morgan fingerprint density at radius 2 is 2.33 bits per heavy atom. The van der Waals surface area contributed by atoms with Gasteiger partial charge in [-0.3, -0.25) is 9.69 Å². The highest BCUT2D eigenvalue weighted by Gasteiger charge is 2.18. The van der Waals surface area contributed by atoms with Crippen LogP contribution < -0.4 is 5.73 Å². The van der Waals surface area contributed by atoms with Crippen molar-refractivity contribution in [3.05, 3.63) is 10.6 Å². The average Bonchev–Trinajstić information content (AvgIpc) is 2.72. The van der Waals surface area contributed by atoms with E-state index in [-0.39, 0.29) is 12.0 Å². The lowest BCUT2D eigenvalue weighted by atomic mass is 10.3. The molecule has 0 spiro atoms. The van der Waals surface area contributed by atoms with E-state index in [2.05, 4.69) is 16.9 Å². The minimum absolute atomic E-state index is 0.232. The van der Waals surface area contributed by atoms with E-state index in [1.807, 2.05) is 16.2 Å². The maximum Gasteiger partial charge on any atom is 0.217 e. The smallest absolute Gasteiger partial charge is 0.217 e. The third-order valence-corrected chi connectivity index (χ3v) is 4.00. The van der Waals surface area contributed by atoms with E-state index in [9.17, 15) is 4.79 Å². The van der Waals surface area contributed by atoms with Gasteiger partial charge < -0.3 is 15.0 Å². The second kappa shape index (κ2) is 7.15. The van der Waals surface area contributed by atoms with Crippen LogP contribution in [0, 0.1) is 4.77 Å². The number of carbonyl (C=O) groups excluding carboxylic acids is 1. The summed E-state index contributed by atoms with van der Waals surface area (Å²) in [7, 11) is 0. The Hall–Kier alpha value is -1.25. The Labute approximate surface area is 129 Å². The number of amides is 1. The van der Waals surface area contributed by atoms with Crippen LogP contribution in [0.3, 0.4) is 0 Å². The number of rotatable bonds is 6. The van der Waals surface area contributed by atoms with Gasteiger partial charge in [-0.2, -0.15) is 5.10 Å². The first kappa shape index (κ1) is 16.1. The zero-order valence-electron chi connectivity index (χ0n) is 12.6. The molecule has 1 atom stereocenters. The third-order valence-electron chi connectivity index (χ3n) is 3.57. The number of primary amides is 1. The number of hydrogen-bond donors (Lipinski definition) is 1. The molecule has 1 saturated heterocycles. The van der Waals surface area contributed by atoms with E-state index in [0.717, 1.165) is 32.1 Å². The number of aryl methyl sites for hydroxylation is 1. The summed E-state index contributed by atoms with van der Waals surface area (Å²) in [6, 6.07) is 0. The molecule has 8 heteroatoms. The van der Waals surface area contributed by atoms with Gasteiger partial charge in [0.25, 0.3) is 0 Å². The van der Waals surface area contributed by atoms with Crippen molar-refractivity contribution in [3.63, 3.8) is 0 Å². The van der Waals surface area contributed by atoms with Gasteiger partial charge in [-0.25, -0.2) is 4.68 Å². The molecule has 0 aromatic carbocycles. The van der Waals surface area contributed by atoms with E-state index in [4.69, 9.17) is 22.7 Å². The Morgan fingerprint density at radius 1 is 1.57 bits per heavy atom. The summed E-state index contributed by atoms with van der Waals surface area (Å²) in [5.41, 5.74) is 5.21. The average molecular weight is 313 g/mol. The van der Waals surface area contributed by atoms with Crippen molar-refractivity contribution < 1.29 is 9.53 Å². The van der Waals surface area contributed by atoms with Gasteiger partial charge in [-0.1, -0.05) is 0 Å². The number of hydrogen-bond acceptors (Lipinski definition) is 5. The quantitative estimate of drug-likeness (QED) is 0.775. The Morgan fingerprint density at radius 3 is 2.95 bits per heavy atom. The Bertz CT molecular complexity index is 553. The molecule has 7 nitrogen and oxygen atoms in total. The molecule has 0 bridgehead atoms. The summed E-state index contributed by atoms with van der Waals surface area (Å²) in [5, 5.41) is 4.56. The van der Waals surface area contributed by atoms with Crippen LogP contribution in [0.15, 0.2) is 0 Å². The fourth-order valence-corrected chi connectivity index (χ4v) is 2.86. The molecule has 0 saturated carbocycles. The SMILES string of the molecule is CCn1c(CCC(N)=O)nn(CN2CCO[C@@H](C)C2)c1=S. The van der Waals surface area contributed by atoms with Crippen LogP contribution in [-0.4, -0.2) is 51.0 Å². The third kappa shape index (κ3) is 4.12. The van der Waals surface area contributed by atoms with Crippen molar-refractivity contribution >= 4 is 18.1 Å². The number of nitrogens with two attached hydrogens (primary N) is 1. The zero-order valence-corrected chi connectivity index (χ0v) is 13.4. The molecule has 1 aliphatic heterocycles. The minimum Gasteiger partial charge on any atom is -0.376 e. The molecular formula is C13H23N5O2S. The van der Waals surface area contributed by atoms with Gasteiger partial charge in [0.2, 0.25) is 5.91 Å². The molecule has 1 aromatic heterocycles. The van der Waals surface area contributed by atoms with Crippen molar-refractivity contribution in [1.29, 1.82) is 0 Å². The van der Waals surface area contributed by atoms with Gasteiger partial charge in [-0.15, -0.1) is 0 Å². The fourth-order valence-electron chi connectivity index (χ4n) is 2.52. The van der Waals surface area contributed by atoms with Crippen LogP contribution in [0.2, 0.25) is 0 Å². The molecule has 0 aliphatic carbocycles. The van der Waals surface area contributed by atoms with Crippen LogP contribution in [0.4, 0.5) is 0 Å². The first-order chi connectivity index (χ1) is 10.0. The number of morpholine rings is 1. The van der Waals surface area contributed by atoms with Crippen molar-refractivity contribution in [2.24, 2.45) is 5.73 Å². The monoisotopic (exact) mass is 313 g/mol. The van der Waals surface area contributed by atoms with Gasteiger partial charge >= 0.3 is 0 Å². The molecule has 2 N–H and O–H groups in total. The summed E-state index contributed by atoms with van der Waals surface area (Å²) in [6.45, 7) is 7.97. The van der Waals surface area contributed by atoms with Crippen molar-refractivity contribution in [3.8, 4) is 0 Å². The standard InChI is InChI=1S/C13H23N5O2S/c1-3-17-12(5-4-11(14)19)15-18(13(17)21)9-16-6-7-20-10(2)8-16/h10H,3-9H2,1-2H3,(H2,14,19)/t10-/m0/s1. The number of carbonyl (C=O) groups is 1. The molecule has 2 heterocycles. The molecule has 1 amide bonds. The van der Waals surface area contributed by atoms with Crippen LogP contribution in [0.25, 0.3) is 0 Å². The summed E-state index contributed by atoms with van der Waals surface area (Å²) in [4.78, 5) is 13.2. The van der Waals surface area contributed by atoms with Crippen molar-refractivity contribution in [2.45, 2.75) is 46.0 Å². The molecule has 1 aliphatic rings. The van der Waals surface area contributed by atoms with E-state index < -0.39 is 0 Å². The molecule has 21 heavy (non-hydrogen) atoms. The molecule has 1 fully saturated rings. The number of ether oxygens (including phenoxy) is 1. The summed E-state index contributed by atoms with van der Waals surface area (Å²) < 4.78 is 10.0. The topological polar surface area (TPSA) is 78.3 Å². The highest BCUT2D eigenvalue weighted by molar-refractivity contribution is 7.71. The summed E-state index contributed by atoms with van der Waals surface area (Å²) in [6.07, 6.45) is 1.05. The predicted molar refractivity (Wildman–Crippen MR) is 81.2 cm³/mol. The second-order valence-electron chi connectivity index (χ2n) is 5.31. The molecule has 0 radical (unpaired) electrons. The van der Waals surface area contributed by atoms with Gasteiger partial charge in [0.05, 0.1) is 19.4 Å². The lowest BCUT2D eigenvalue weighted by Gasteiger charge is -2.30. The van der Waals surface area contributed by atoms with Crippen molar-refractivity contribution in [1.82, 2.24) is 19.2 Å². The predicted octanol–water partition coefficient (Wildman–Crippen LogP) is 0.530. The molecule has 118 valence electrons. The van der Waals surface area contributed by atoms with E-state index in [1.54, 1.807) is 0 Å². The van der Waals surface area contributed by atoms with Gasteiger partial charge in [0.15, 0.2) is 4.77 Å². The van der Waals surface area contributed by atoms with Crippen LogP contribution in [0.5, 0.6) is 0 Å². The maximum atomic E-state index is 10.9. The van der Waals surface area contributed by atoms with Crippen LogP contribution >= 0.6 is 12.2 Å². The summed E-state index contributed by atoms with van der Waals surface area (Å²) in [5.74, 6) is 0.503. The Kier molecular flexibility index (Phi) is 5.49. The van der Waals surface area contributed by atoms with E-state index >= 15 is 0 Å². The summed E-state index contributed by atoms with van der Waals surface area (Å²) >= 11 is 5.48. The van der Waals surface area contributed by atoms with Gasteiger partial charge in [0.1, 0.15) is 5.82 Å². The molecule has 2 rings (SSSR count). The number of aromatic nitrogens is 3. The number of nitrogens with zero attached hydrogens (tertiary/aromatic N) is 4. The lowest BCUT2D eigenvalue weighted by molar-refractivity contribution is -0.118. The largest absolute Gasteiger partial charge is 0.376 e. The lowest BCUT2D eigenvalue weighted by Crippen LogP contribution is -2.42. The van der Waals surface area contributed by atoms with Crippen LogP contribution in [-0.2, 0) is 29.2 Å². The highest BCUT2D eigenvalue weighted by atomic mass is 32.1. The fraction of sp³-hybridized carbons (Fsp3) is 0.769. The van der Waals surface area contributed by atoms with Crippen molar-refractivity contribution in [2.75, 3.05) is 19.7 Å². The van der Waals surface area contributed by atoms with E-state index in [1.165, 1.54) is 0 Å². The second-order valence-corrected chi connectivity index (χ2v) is 5.67. The first-order valence-electron chi connectivity index (χ1n) is 7.30. The van der Waals surface area contributed by atoms with Gasteiger partial charge in [0, 0.05) is 32.5 Å².